The molecule has 0 fully saturated rings. The largest absolute Gasteiger partial charge is 0.294 e. The molecule has 0 atom stereocenters. The van der Waals surface area contributed by atoms with Gasteiger partial charge in [0.25, 0.3) is 0 Å². The van der Waals surface area contributed by atoms with Crippen molar-refractivity contribution in [1.29, 1.82) is 0 Å². The molecular weight excluding hydrogens is 184 g/mol. The summed E-state index contributed by atoms with van der Waals surface area (Å²) >= 11 is 0. The molecule has 0 bridgehead atoms. The predicted octanol–water partition coefficient (Wildman–Crippen LogP) is 1.37. The van der Waals surface area contributed by atoms with Crippen LogP contribution in [0, 0.1) is 0 Å². The topological polar surface area (TPSA) is 17.1 Å². The lowest BCUT2D eigenvalue weighted by Crippen LogP contribution is -2.28. The van der Waals surface area contributed by atoms with Crippen molar-refractivity contribution < 1.29 is 4.79 Å². The van der Waals surface area contributed by atoms with Gasteiger partial charge >= 0.3 is 0 Å². The number of carbonyl (C=O) groups is 1. The zero-order chi connectivity index (χ0) is 10.3. The average molecular weight is 194 g/mol. The Bertz CT molecular complexity index is 665. The maximum absolute atomic E-state index is 11.3. The lowest BCUT2D eigenvalue weighted by atomic mass is 10.0. The molecule has 2 aromatic rings. The highest BCUT2D eigenvalue weighted by molar-refractivity contribution is 6.09. The quantitative estimate of drug-likeness (QED) is 0.619. The van der Waals surface area contributed by atoms with Crippen molar-refractivity contribution in [3.05, 3.63) is 46.8 Å². The minimum atomic E-state index is 0.192. The van der Waals surface area contributed by atoms with Gasteiger partial charge in [0.2, 0.25) is 0 Å². The molecule has 0 heterocycles. The maximum atomic E-state index is 11.3. The van der Waals surface area contributed by atoms with Gasteiger partial charge in [-0.3, -0.25) is 4.79 Å². The highest BCUT2D eigenvalue weighted by atomic mass is 16.1. The van der Waals surface area contributed by atoms with Gasteiger partial charge in [-0.25, -0.2) is 0 Å². The Labute approximate surface area is 87.3 Å². The fourth-order valence-electron chi connectivity index (χ4n) is 2.02. The summed E-state index contributed by atoms with van der Waals surface area (Å²) in [7, 11) is 0. The maximum Gasteiger partial charge on any atom is 0.160 e. The van der Waals surface area contributed by atoms with Gasteiger partial charge in [0, 0.05) is 6.42 Å². The second kappa shape index (κ2) is 3.06. The van der Waals surface area contributed by atoms with E-state index in [1.807, 2.05) is 18.2 Å². The zero-order valence-corrected chi connectivity index (χ0v) is 8.23. The smallest absolute Gasteiger partial charge is 0.160 e. The van der Waals surface area contributed by atoms with Gasteiger partial charge in [0.05, 0.1) is 0 Å². The highest BCUT2D eigenvalue weighted by Crippen LogP contribution is 2.08. The van der Waals surface area contributed by atoms with Crippen molar-refractivity contribution in [2.24, 2.45) is 0 Å². The summed E-state index contributed by atoms with van der Waals surface area (Å²) in [5.74, 6) is 0.192. The molecule has 0 radical (unpaired) electrons. The van der Waals surface area contributed by atoms with Gasteiger partial charge in [-0.2, -0.15) is 0 Å². The lowest BCUT2D eigenvalue weighted by molar-refractivity contribution is -0.112. The molecule has 1 nitrogen and oxygen atoms in total. The molecule has 0 unspecified atom stereocenters. The van der Waals surface area contributed by atoms with Crippen molar-refractivity contribution in [2.45, 2.75) is 6.42 Å². The third-order valence-corrected chi connectivity index (χ3v) is 2.79. The Kier molecular flexibility index (Phi) is 1.72. The summed E-state index contributed by atoms with van der Waals surface area (Å²) in [5.41, 5.74) is 0. The van der Waals surface area contributed by atoms with E-state index in [0.717, 1.165) is 5.22 Å². The monoisotopic (exact) mass is 194 g/mol. The summed E-state index contributed by atoms with van der Waals surface area (Å²) in [6, 6.07) is 12.4. The number of Topliss-reactive ketones (excluding diaryl/α,β-unsaturated/α-hetero) is 1. The molecule has 1 aliphatic carbocycles. The van der Waals surface area contributed by atoms with Crippen LogP contribution in [-0.2, 0) is 4.79 Å². The van der Waals surface area contributed by atoms with Crippen LogP contribution in [0.3, 0.4) is 0 Å². The fraction of sp³-hybridized carbons (Fsp3) is 0.0714. The average Bonchev–Trinajstić information content (AvgIpc) is 2.26. The van der Waals surface area contributed by atoms with Crippen molar-refractivity contribution in [1.82, 2.24) is 0 Å². The van der Waals surface area contributed by atoms with E-state index >= 15 is 0 Å². The van der Waals surface area contributed by atoms with E-state index in [1.165, 1.54) is 16.0 Å². The number of carbonyl (C=O) groups excluding carboxylic acids is 1. The van der Waals surface area contributed by atoms with Gasteiger partial charge < -0.3 is 0 Å². The molecule has 0 amide bonds. The van der Waals surface area contributed by atoms with Crippen molar-refractivity contribution >= 4 is 28.7 Å². The van der Waals surface area contributed by atoms with Crippen LogP contribution in [0.15, 0.2) is 36.4 Å². The molecule has 0 spiro atoms. The van der Waals surface area contributed by atoms with E-state index < -0.39 is 0 Å². The predicted molar refractivity (Wildman–Crippen MR) is 61.8 cm³/mol. The van der Waals surface area contributed by atoms with Crippen LogP contribution in [0.4, 0.5) is 0 Å². The fourth-order valence-corrected chi connectivity index (χ4v) is 2.02. The molecule has 15 heavy (non-hydrogen) atoms. The Morgan fingerprint density at radius 1 is 0.933 bits per heavy atom. The molecule has 3 rings (SSSR count). The molecule has 1 heteroatoms. The molecule has 0 N–H and O–H groups in total. The summed E-state index contributed by atoms with van der Waals surface area (Å²) in [5, 5.41) is 4.64. The van der Waals surface area contributed by atoms with E-state index in [0.29, 0.717) is 6.42 Å². The molecule has 0 aliphatic heterocycles. The summed E-state index contributed by atoms with van der Waals surface area (Å²) in [6.07, 6.45) is 4.28. The first-order chi connectivity index (χ1) is 7.33. The van der Waals surface area contributed by atoms with Crippen LogP contribution in [-0.4, -0.2) is 5.78 Å². The van der Waals surface area contributed by atoms with Crippen LogP contribution < -0.4 is 10.4 Å². The highest BCUT2D eigenvalue weighted by Gasteiger charge is 2.02. The van der Waals surface area contributed by atoms with Crippen LogP contribution in [0.5, 0.6) is 0 Å². The van der Waals surface area contributed by atoms with E-state index in [9.17, 15) is 4.79 Å². The van der Waals surface area contributed by atoms with Crippen LogP contribution in [0.2, 0.25) is 0 Å². The Hall–Kier alpha value is -1.89. The Morgan fingerprint density at radius 3 is 2.33 bits per heavy atom. The first kappa shape index (κ1) is 8.42. The molecule has 0 saturated carbocycles. The zero-order valence-electron chi connectivity index (χ0n) is 8.23. The SMILES string of the molecule is O=C1C=c2cc3ccccc3cc2=CC1. The van der Waals surface area contributed by atoms with Crippen LogP contribution >= 0.6 is 0 Å². The first-order valence-electron chi connectivity index (χ1n) is 5.06. The Balaban J connectivity index is 2.49. The Morgan fingerprint density at radius 2 is 1.60 bits per heavy atom. The summed E-state index contributed by atoms with van der Waals surface area (Å²) in [4.78, 5) is 11.3. The van der Waals surface area contributed by atoms with E-state index in [1.54, 1.807) is 6.08 Å². The third kappa shape index (κ3) is 1.37. The van der Waals surface area contributed by atoms with Gasteiger partial charge in [-0.05, 0) is 39.4 Å². The van der Waals surface area contributed by atoms with Crippen molar-refractivity contribution in [2.75, 3.05) is 0 Å². The standard InChI is InChI=1S/C14H10O/c15-14-6-5-12-7-10-3-1-2-4-11(10)8-13(12)9-14/h1-5,7-9H,6H2. The van der Waals surface area contributed by atoms with Gasteiger partial charge in [0.1, 0.15) is 0 Å². The number of hydrogen-bond acceptors (Lipinski definition) is 1. The molecule has 72 valence electrons. The number of fused-ring (bicyclic) bond motifs is 2. The summed E-state index contributed by atoms with van der Waals surface area (Å²) in [6.45, 7) is 0. The minimum absolute atomic E-state index is 0.192. The van der Waals surface area contributed by atoms with Gasteiger partial charge in [-0.15, -0.1) is 0 Å². The van der Waals surface area contributed by atoms with E-state index in [4.69, 9.17) is 0 Å². The van der Waals surface area contributed by atoms with E-state index in [-0.39, 0.29) is 5.78 Å². The van der Waals surface area contributed by atoms with Gasteiger partial charge in [0.15, 0.2) is 5.78 Å². The molecule has 1 aliphatic rings. The number of rotatable bonds is 0. The summed E-state index contributed by atoms with van der Waals surface area (Å²) < 4.78 is 0. The molecule has 2 aromatic carbocycles. The van der Waals surface area contributed by atoms with Crippen LogP contribution in [0.25, 0.3) is 22.9 Å². The first-order valence-corrected chi connectivity index (χ1v) is 5.06. The second-order valence-corrected chi connectivity index (χ2v) is 3.85. The van der Waals surface area contributed by atoms with Crippen molar-refractivity contribution in [3.8, 4) is 0 Å². The third-order valence-electron chi connectivity index (χ3n) is 2.79. The second-order valence-electron chi connectivity index (χ2n) is 3.85. The normalized spacial score (nSPS) is 14.3. The lowest BCUT2D eigenvalue weighted by Gasteiger charge is -2.02. The molecule has 0 saturated heterocycles. The minimum Gasteiger partial charge on any atom is -0.294 e. The van der Waals surface area contributed by atoms with Crippen molar-refractivity contribution in [3.63, 3.8) is 0 Å². The number of hydrogen-bond donors (Lipinski definition) is 0. The molecular formula is C14H10O. The number of ketones is 1. The number of benzene rings is 2. The molecule has 0 aromatic heterocycles. The van der Waals surface area contributed by atoms with Gasteiger partial charge in [-0.1, -0.05) is 30.3 Å². The van der Waals surface area contributed by atoms with E-state index in [2.05, 4.69) is 24.3 Å². The van der Waals surface area contributed by atoms with Crippen LogP contribution in [0.1, 0.15) is 6.42 Å².